The van der Waals surface area contributed by atoms with E-state index in [1.165, 1.54) is 12.1 Å². The van der Waals surface area contributed by atoms with Gasteiger partial charge in [-0.3, -0.25) is 0 Å². The van der Waals surface area contributed by atoms with Crippen molar-refractivity contribution in [2.45, 2.75) is 32.0 Å². The van der Waals surface area contributed by atoms with E-state index in [9.17, 15) is 9.50 Å². The zero-order valence-electron chi connectivity index (χ0n) is 14.8. The third kappa shape index (κ3) is 3.92. The summed E-state index contributed by atoms with van der Waals surface area (Å²) in [5.41, 5.74) is 1.71. The Morgan fingerprint density at radius 3 is 2.64 bits per heavy atom. The van der Waals surface area contributed by atoms with E-state index in [0.717, 1.165) is 23.2 Å². The zero-order valence-corrected chi connectivity index (χ0v) is 14.8. The molecule has 0 amide bonds. The average Bonchev–Trinajstić information content (AvgIpc) is 2.63. The minimum Gasteiger partial charge on any atom is -0.387 e. The van der Waals surface area contributed by atoms with Crippen molar-refractivity contribution in [2.24, 2.45) is 5.92 Å². The summed E-state index contributed by atoms with van der Waals surface area (Å²) in [6.45, 7) is 5.94. The molecule has 25 heavy (non-hydrogen) atoms. The molecule has 1 heterocycles. The van der Waals surface area contributed by atoms with Crippen LogP contribution in [0.5, 0.6) is 0 Å². The molecule has 3 nitrogen and oxygen atoms in total. The fourth-order valence-electron chi connectivity index (χ4n) is 3.49. The summed E-state index contributed by atoms with van der Waals surface area (Å²) in [4.78, 5) is 0. The van der Waals surface area contributed by atoms with Crippen LogP contribution in [0, 0.1) is 11.7 Å². The first-order valence-electron chi connectivity index (χ1n) is 8.89. The van der Waals surface area contributed by atoms with E-state index in [2.05, 4.69) is 5.32 Å². The summed E-state index contributed by atoms with van der Waals surface area (Å²) in [5, 5.41) is 14.7. The van der Waals surface area contributed by atoms with Crippen molar-refractivity contribution in [2.75, 3.05) is 19.7 Å². The zero-order chi connectivity index (χ0) is 17.9. The number of halogens is 1. The third-order valence-electron chi connectivity index (χ3n) is 5.11. The van der Waals surface area contributed by atoms with Crippen molar-refractivity contribution in [3.63, 3.8) is 0 Å². The molecule has 1 fully saturated rings. The highest BCUT2D eigenvalue weighted by molar-refractivity contribution is 5.67. The largest absolute Gasteiger partial charge is 0.387 e. The Morgan fingerprint density at radius 1 is 1.24 bits per heavy atom. The van der Waals surface area contributed by atoms with Crippen LogP contribution in [0.2, 0.25) is 0 Å². The van der Waals surface area contributed by atoms with Gasteiger partial charge in [-0.25, -0.2) is 4.39 Å². The van der Waals surface area contributed by atoms with Gasteiger partial charge in [0.05, 0.1) is 18.3 Å². The second-order valence-electron chi connectivity index (χ2n) is 7.05. The molecule has 4 heteroatoms. The molecular weight excluding hydrogens is 317 g/mol. The molecule has 1 saturated heterocycles. The number of rotatable bonds is 5. The Hall–Kier alpha value is -1.75. The van der Waals surface area contributed by atoms with Gasteiger partial charge in [-0.1, -0.05) is 50.2 Å². The molecule has 1 aliphatic rings. The minimum absolute atomic E-state index is 0.0238. The van der Waals surface area contributed by atoms with Gasteiger partial charge in [-0.05, 0) is 34.7 Å². The van der Waals surface area contributed by atoms with Crippen molar-refractivity contribution >= 4 is 0 Å². The maximum Gasteiger partial charge on any atom is 0.123 e. The molecule has 0 spiro atoms. The van der Waals surface area contributed by atoms with Gasteiger partial charge in [0.25, 0.3) is 0 Å². The number of aliphatic hydroxyl groups is 1. The quantitative estimate of drug-likeness (QED) is 0.874. The lowest BCUT2D eigenvalue weighted by atomic mass is 9.78. The Labute approximate surface area is 148 Å². The highest BCUT2D eigenvalue weighted by Crippen LogP contribution is 2.33. The van der Waals surface area contributed by atoms with Crippen molar-refractivity contribution < 1.29 is 14.2 Å². The molecule has 0 bridgehead atoms. The Bertz CT molecular complexity index is 698. The van der Waals surface area contributed by atoms with Crippen LogP contribution in [0.15, 0.2) is 48.5 Å². The monoisotopic (exact) mass is 343 g/mol. The molecule has 134 valence electrons. The summed E-state index contributed by atoms with van der Waals surface area (Å²) in [6, 6.07) is 14.7. The molecule has 0 radical (unpaired) electrons. The van der Waals surface area contributed by atoms with Gasteiger partial charge in [0, 0.05) is 19.5 Å². The number of nitrogens with one attached hydrogen (secondary N) is 1. The van der Waals surface area contributed by atoms with Gasteiger partial charge in [-0.2, -0.15) is 0 Å². The number of hydrogen-bond acceptors (Lipinski definition) is 3. The first kappa shape index (κ1) is 18.1. The second-order valence-corrected chi connectivity index (χ2v) is 7.05. The van der Waals surface area contributed by atoms with E-state index in [0.29, 0.717) is 19.6 Å². The second kappa shape index (κ2) is 7.65. The fourth-order valence-corrected chi connectivity index (χ4v) is 3.49. The van der Waals surface area contributed by atoms with E-state index in [-0.39, 0.29) is 17.8 Å². The van der Waals surface area contributed by atoms with Crippen LogP contribution in [-0.2, 0) is 11.2 Å². The van der Waals surface area contributed by atoms with E-state index in [1.54, 1.807) is 6.07 Å². The molecule has 3 rings (SSSR count). The lowest BCUT2D eigenvalue weighted by Gasteiger charge is -2.42. The summed E-state index contributed by atoms with van der Waals surface area (Å²) in [7, 11) is 0. The van der Waals surface area contributed by atoms with Crippen molar-refractivity contribution in [3.05, 3.63) is 59.9 Å². The van der Waals surface area contributed by atoms with Crippen LogP contribution in [0.4, 0.5) is 4.39 Å². The lowest BCUT2D eigenvalue weighted by molar-refractivity contribution is -0.141. The number of hydrogen-bond donors (Lipinski definition) is 2. The Kier molecular flexibility index (Phi) is 5.52. The highest BCUT2D eigenvalue weighted by Gasteiger charge is 2.42. The summed E-state index contributed by atoms with van der Waals surface area (Å²) in [5.74, 6) is -0.312. The van der Waals surface area contributed by atoms with Crippen LogP contribution < -0.4 is 5.32 Å². The third-order valence-corrected chi connectivity index (χ3v) is 5.11. The number of benzene rings is 2. The molecular formula is C21H26FNO2. The lowest BCUT2D eigenvalue weighted by Crippen LogP contribution is -2.57. The summed E-state index contributed by atoms with van der Waals surface area (Å²) < 4.78 is 19.8. The van der Waals surface area contributed by atoms with Crippen LogP contribution in [0.3, 0.4) is 0 Å². The maximum atomic E-state index is 14.0. The highest BCUT2D eigenvalue weighted by atomic mass is 19.1. The predicted molar refractivity (Wildman–Crippen MR) is 97.9 cm³/mol. The number of morpholine rings is 1. The molecule has 0 aliphatic carbocycles. The van der Waals surface area contributed by atoms with Crippen LogP contribution in [-0.4, -0.2) is 36.5 Å². The van der Waals surface area contributed by atoms with Gasteiger partial charge in [0.1, 0.15) is 5.82 Å². The standard InChI is InChI=1S/C21H26FNO2/c1-15(2)21(24,20-14-23-10-11-25-20)13-17-12-18(22)8-9-19(17)16-6-4-3-5-7-16/h3-9,12,15,20,23-24H,10-11,13-14H2,1-2H3. The predicted octanol–water partition coefficient (Wildman–Crippen LogP) is 3.41. The van der Waals surface area contributed by atoms with Gasteiger partial charge in [0.2, 0.25) is 0 Å². The molecule has 2 unspecified atom stereocenters. The molecule has 1 aliphatic heterocycles. The van der Waals surface area contributed by atoms with Crippen molar-refractivity contribution in [1.82, 2.24) is 5.32 Å². The van der Waals surface area contributed by atoms with Gasteiger partial charge in [-0.15, -0.1) is 0 Å². The Balaban J connectivity index is 1.98. The topological polar surface area (TPSA) is 41.5 Å². The molecule has 2 aromatic rings. The van der Waals surface area contributed by atoms with Crippen LogP contribution in [0.25, 0.3) is 11.1 Å². The van der Waals surface area contributed by atoms with E-state index < -0.39 is 5.60 Å². The van der Waals surface area contributed by atoms with E-state index in [1.807, 2.05) is 44.2 Å². The van der Waals surface area contributed by atoms with Gasteiger partial charge < -0.3 is 15.2 Å². The minimum atomic E-state index is -1.06. The van der Waals surface area contributed by atoms with Gasteiger partial charge >= 0.3 is 0 Å². The van der Waals surface area contributed by atoms with Gasteiger partial charge in [0.15, 0.2) is 0 Å². The smallest absolute Gasteiger partial charge is 0.123 e. The van der Waals surface area contributed by atoms with E-state index >= 15 is 0 Å². The molecule has 2 N–H and O–H groups in total. The summed E-state index contributed by atoms with van der Waals surface area (Å²) in [6.07, 6.45) is 0.0343. The molecule has 2 atom stereocenters. The van der Waals surface area contributed by atoms with E-state index in [4.69, 9.17) is 4.74 Å². The summed E-state index contributed by atoms with van der Waals surface area (Å²) >= 11 is 0. The molecule has 0 aromatic heterocycles. The SMILES string of the molecule is CC(C)C(O)(Cc1cc(F)ccc1-c1ccccc1)C1CNCCO1. The molecule has 0 saturated carbocycles. The average molecular weight is 343 g/mol. The normalized spacial score (nSPS) is 20.4. The van der Waals surface area contributed by atoms with Crippen molar-refractivity contribution in [1.29, 1.82) is 0 Å². The van der Waals surface area contributed by atoms with Crippen LogP contribution in [0.1, 0.15) is 19.4 Å². The van der Waals surface area contributed by atoms with Crippen molar-refractivity contribution in [3.8, 4) is 11.1 Å². The first-order valence-corrected chi connectivity index (χ1v) is 8.89. The fraction of sp³-hybridized carbons (Fsp3) is 0.429. The maximum absolute atomic E-state index is 14.0. The number of ether oxygens (including phenoxy) is 1. The Morgan fingerprint density at radius 2 is 2.00 bits per heavy atom. The first-order chi connectivity index (χ1) is 12.0. The van der Waals surface area contributed by atoms with Crippen LogP contribution >= 0.6 is 0 Å². The molecule has 2 aromatic carbocycles.